The van der Waals surface area contributed by atoms with Gasteiger partial charge in [-0.2, -0.15) is 0 Å². The minimum absolute atomic E-state index is 0.0295. The van der Waals surface area contributed by atoms with Crippen molar-refractivity contribution in [3.63, 3.8) is 0 Å². The van der Waals surface area contributed by atoms with Crippen molar-refractivity contribution in [2.75, 3.05) is 7.11 Å². The zero-order valence-corrected chi connectivity index (χ0v) is 17.3. The average molecular weight is 357 g/mol. The maximum atomic E-state index is 12.5. The number of hydrogen-bond donors (Lipinski definition) is 0. The van der Waals surface area contributed by atoms with Gasteiger partial charge in [0, 0.05) is 6.42 Å². The highest BCUT2D eigenvalue weighted by Gasteiger charge is 2.70. The molecule has 0 N–H and O–H groups in total. The Hall–Kier alpha value is -0.723. The van der Waals surface area contributed by atoms with E-state index in [1.54, 1.807) is 6.92 Å². The van der Waals surface area contributed by atoms with Crippen LogP contribution in [0.25, 0.3) is 0 Å². The second-order valence-electron chi connectivity index (χ2n) is 8.44. The second-order valence-corrected chi connectivity index (χ2v) is 13.8. The Morgan fingerprint density at radius 2 is 1.67 bits per heavy atom. The first-order valence-corrected chi connectivity index (χ1v) is 11.1. The Morgan fingerprint density at radius 3 is 2.04 bits per heavy atom. The number of hydrogen-bond acceptors (Lipinski definition) is 5. The number of carbonyl (C=O) groups excluding carboxylic acids is 2. The number of rotatable bonds is 6. The molecule has 24 heavy (non-hydrogen) atoms. The molecule has 5 nitrogen and oxygen atoms in total. The fourth-order valence-electron chi connectivity index (χ4n) is 4.97. The molecule has 3 atom stereocenters. The lowest BCUT2D eigenvalue weighted by Crippen LogP contribution is -2.57. The molecule has 0 amide bonds. The number of ether oxygens (including phenoxy) is 2. The molecular formula is C18H32O5Si. The normalized spacial score (nSPS) is 33.1. The van der Waals surface area contributed by atoms with E-state index in [-0.39, 0.29) is 18.2 Å². The first kappa shape index (κ1) is 19.6. The number of carbonyl (C=O) groups is 2. The second kappa shape index (κ2) is 6.22. The summed E-state index contributed by atoms with van der Waals surface area (Å²) in [6.45, 7) is 14.9. The van der Waals surface area contributed by atoms with Gasteiger partial charge in [0.15, 0.2) is 11.6 Å². The molecule has 0 unspecified atom stereocenters. The minimum Gasteiger partial charge on any atom is -0.469 e. The number of methoxy groups -OCH3 is 1. The lowest BCUT2D eigenvalue weighted by Gasteiger charge is -2.48. The van der Waals surface area contributed by atoms with Crippen LogP contribution in [0.5, 0.6) is 0 Å². The summed E-state index contributed by atoms with van der Waals surface area (Å²) in [7, 11) is -0.928. The zero-order chi connectivity index (χ0) is 18.5. The molecule has 6 heteroatoms. The van der Waals surface area contributed by atoms with Crippen LogP contribution < -0.4 is 0 Å². The first-order valence-electron chi connectivity index (χ1n) is 8.96. The van der Waals surface area contributed by atoms with Crippen LogP contribution in [0.3, 0.4) is 0 Å². The Labute approximate surface area is 146 Å². The van der Waals surface area contributed by atoms with Gasteiger partial charge in [-0.3, -0.25) is 9.59 Å². The fraction of sp³-hybridized carbons (Fsp3) is 0.889. The quantitative estimate of drug-likeness (QED) is 0.535. The van der Waals surface area contributed by atoms with Crippen LogP contribution in [0.2, 0.25) is 16.6 Å². The van der Waals surface area contributed by atoms with Crippen molar-refractivity contribution in [2.45, 2.75) is 89.3 Å². The highest BCUT2D eigenvalue weighted by Crippen LogP contribution is 2.57. The van der Waals surface area contributed by atoms with Crippen molar-refractivity contribution >= 4 is 20.1 Å². The predicted octanol–water partition coefficient (Wildman–Crippen LogP) is 3.82. The van der Waals surface area contributed by atoms with Gasteiger partial charge in [-0.25, -0.2) is 0 Å². The molecule has 2 aliphatic heterocycles. The molecule has 138 valence electrons. The van der Waals surface area contributed by atoms with Gasteiger partial charge in [-0.15, -0.1) is 0 Å². The highest BCUT2D eigenvalue weighted by molar-refractivity contribution is 6.77. The van der Waals surface area contributed by atoms with Crippen LogP contribution in [0.15, 0.2) is 0 Å². The number of ketones is 1. The Balaban J connectivity index is 2.49. The third-order valence-corrected chi connectivity index (χ3v) is 12.2. The molecule has 2 fully saturated rings. The van der Waals surface area contributed by atoms with E-state index in [0.717, 1.165) is 0 Å². The number of fused-ring (bicyclic) bond motifs is 2. The lowest BCUT2D eigenvalue weighted by atomic mass is 9.79. The van der Waals surface area contributed by atoms with E-state index < -0.39 is 25.6 Å². The predicted molar refractivity (Wildman–Crippen MR) is 94.1 cm³/mol. The third kappa shape index (κ3) is 2.67. The Bertz CT molecular complexity index is 508. The summed E-state index contributed by atoms with van der Waals surface area (Å²) in [5, 5.41) is 0. The molecule has 0 aromatic rings. The lowest BCUT2D eigenvalue weighted by molar-refractivity contribution is -0.197. The number of Topliss-reactive ketones (excluding diaryl/α,β-unsaturated/α-hetero) is 1. The summed E-state index contributed by atoms with van der Waals surface area (Å²) in [6, 6.07) is 0. The van der Waals surface area contributed by atoms with Crippen LogP contribution in [0.4, 0.5) is 0 Å². The monoisotopic (exact) mass is 356 g/mol. The molecule has 0 aromatic carbocycles. The van der Waals surface area contributed by atoms with E-state index in [9.17, 15) is 9.59 Å². The van der Waals surface area contributed by atoms with Crippen LogP contribution in [0.1, 0.15) is 61.3 Å². The number of esters is 1. The van der Waals surface area contributed by atoms with E-state index in [1.165, 1.54) is 7.11 Å². The minimum atomic E-state index is -2.31. The molecule has 2 rings (SSSR count). The molecule has 2 heterocycles. The average Bonchev–Trinajstić information content (AvgIpc) is 2.89. The molecule has 2 saturated heterocycles. The summed E-state index contributed by atoms with van der Waals surface area (Å²) in [5.41, 5.74) is 0.105. The molecule has 0 radical (unpaired) electrons. The highest BCUT2D eigenvalue weighted by atomic mass is 28.4. The SMILES string of the molecule is COC(=O)[C@@H]1C[C@@]2(C)O[C@]1(O[Si](C(C)C)(C(C)C)C(C)C)CC2=O. The topological polar surface area (TPSA) is 61.8 Å². The van der Waals surface area contributed by atoms with Gasteiger partial charge < -0.3 is 13.9 Å². The van der Waals surface area contributed by atoms with Gasteiger partial charge in [0.1, 0.15) is 11.5 Å². The van der Waals surface area contributed by atoms with Crippen molar-refractivity contribution in [2.24, 2.45) is 5.92 Å². The van der Waals surface area contributed by atoms with Crippen molar-refractivity contribution in [3.8, 4) is 0 Å². The molecule has 2 bridgehead atoms. The smallest absolute Gasteiger partial charge is 0.314 e. The largest absolute Gasteiger partial charge is 0.469 e. The summed E-state index contributed by atoms with van der Waals surface area (Å²) < 4.78 is 18.0. The Kier molecular flexibility index (Phi) is 5.08. The van der Waals surface area contributed by atoms with Crippen LogP contribution >= 0.6 is 0 Å². The first-order chi connectivity index (χ1) is 10.9. The fourth-order valence-corrected chi connectivity index (χ4v) is 10.5. The zero-order valence-electron chi connectivity index (χ0n) is 16.3. The van der Waals surface area contributed by atoms with Crippen LogP contribution in [-0.4, -0.2) is 38.6 Å². The van der Waals surface area contributed by atoms with Crippen LogP contribution in [-0.2, 0) is 23.5 Å². The van der Waals surface area contributed by atoms with E-state index >= 15 is 0 Å². The molecule has 0 aromatic heterocycles. The third-order valence-electron chi connectivity index (χ3n) is 6.06. The van der Waals surface area contributed by atoms with Gasteiger partial charge in [-0.1, -0.05) is 41.5 Å². The van der Waals surface area contributed by atoms with E-state index in [0.29, 0.717) is 23.0 Å². The van der Waals surface area contributed by atoms with Crippen molar-refractivity contribution < 1.29 is 23.5 Å². The maximum absolute atomic E-state index is 12.5. The molecule has 0 saturated carbocycles. The van der Waals surface area contributed by atoms with Crippen molar-refractivity contribution in [1.82, 2.24) is 0 Å². The Morgan fingerprint density at radius 1 is 1.17 bits per heavy atom. The standard InChI is InChI=1S/C18H32O5Si/c1-11(2)24(12(3)4,13(5)6)23-18-10-15(19)17(7,22-18)9-14(18)16(20)21-8/h11-14H,9-10H2,1-8H3/t14-,17+,18-/m0/s1. The summed E-state index contributed by atoms with van der Waals surface area (Å²) >= 11 is 0. The maximum Gasteiger partial charge on any atom is 0.314 e. The van der Waals surface area contributed by atoms with Gasteiger partial charge in [-0.05, 0) is 23.5 Å². The van der Waals surface area contributed by atoms with Gasteiger partial charge in [0.2, 0.25) is 8.32 Å². The van der Waals surface area contributed by atoms with Gasteiger partial charge in [0.25, 0.3) is 0 Å². The summed E-state index contributed by atoms with van der Waals surface area (Å²) in [4.78, 5) is 24.8. The van der Waals surface area contributed by atoms with Gasteiger partial charge in [0.05, 0.1) is 13.5 Å². The molecular weight excluding hydrogens is 324 g/mol. The van der Waals surface area contributed by atoms with Gasteiger partial charge >= 0.3 is 5.97 Å². The molecule has 0 spiro atoms. The molecule has 0 aliphatic carbocycles. The van der Waals surface area contributed by atoms with E-state index in [1.807, 2.05) is 0 Å². The van der Waals surface area contributed by atoms with Crippen molar-refractivity contribution in [3.05, 3.63) is 0 Å². The van der Waals surface area contributed by atoms with E-state index in [4.69, 9.17) is 13.9 Å². The summed E-state index contributed by atoms with van der Waals surface area (Å²) in [5.74, 6) is -2.00. The van der Waals surface area contributed by atoms with Crippen LogP contribution in [0, 0.1) is 5.92 Å². The van der Waals surface area contributed by atoms with E-state index in [2.05, 4.69) is 41.5 Å². The summed E-state index contributed by atoms with van der Waals surface area (Å²) in [6.07, 6.45) is 0.488. The van der Waals surface area contributed by atoms with Crippen molar-refractivity contribution in [1.29, 1.82) is 0 Å². The molecule has 2 aliphatic rings.